The lowest BCUT2D eigenvalue weighted by Gasteiger charge is -2.30. The molecule has 0 heterocycles. The lowest BCUT2D eigenvalue weighted by Crippen LogP contribution is -2.24. The molecule has 84 valence electrons. The van der Waals surface area contributed by atoms with Gasteiger partial charge in [-0.2, -0.15) is 5.26 Å². The van der Waals surface area contributed by atoms with Crippen LogP contribution in [0.5, 0.6) is 0 Å². The largest absolute Gasteiger partial charge is 0.198 e. The predicted octanol–water partition coefficient (Wildman–Crippen LogP) is 3.86. The van der Waals surface area contributed by atoms with Crippen LogP contribution < -0.4 is 0 Å². The summed E-state index contributed by atoms with van der Waals surface area (Å²) in [5, 5.41) is 9.05. The molecule has 5 atom stereocenters. The van der Waals surface area contributed by atoms with Crippen molar-refractivity contribution in [2.45, 2.75) is 29.6 Å². The second-order valence-electron chi connectivity index (χ2n) is 5.41. The first-order valence-electron chi connectivity index (χ1n) is 6.14. The fourth-order valence-corrected chi connectivity index (χ4v) is 4.72. The third-order valence-corrected chi connectivity index (χ3v) is 5.91. The fraction of sp³-hybridized carbons (Fsp3) is 0.643. The Morgan fingerprint density at radius 2 is 2.19 bits per heavy atom. The highest BCUT2D eigenvalue weighted by molar-refractivity contribution is 14.1. The van der Waals surface area contributed by atoms with E-state index in [-0.39, 0.29) is 5.92 Å². The highest BCUT2D eigenvalue weighted by atomic mass is 127. The summed E-state index contributed by atoms with van der Waals surface area (Å²) in [6.07, 6.45) is 14.1. The van der Waals surface area contributed by atoms with Crippen molar-refractivity contribution in [1.82, 2.24) is 0 Å². The lowest BCUT2D eigenvalue weighted by atomic mass is 9.75. The Morgan fingerprint density at radius 1 is 1.31 bits per heavy atom. The molecular weight excluding hydrogens is 309 g/mol. The zero-order valence-electron chi connectivity index (χ0n) is 9.27. The van der Waals surface area contributed by atoms with Crippen molar-refractivity contribution < 1.29 is 0 Å². The van der Waals surface area contributed by atoms with Crippen molar-refractivity contribution in [3.8, 4) is 6.07 Å². The molecule has 0 bridgehead atoms. The van der Waals surface area contributed by atoms with Crippen LogP contribution in [0, 0.1) is 34.5 Å². The first kappa shape index (κ1) is 10.8. The number of nitriles is 1. The van der Waals surface area contributed by atoms with Crippen LogP contribution in [0.1, 0.15) is 25.7 Å². The maximum absolute atomic E-state index is 9.05. The molecule has 1 fully saturated rings. The molecule has 0 saturated heterocycles. The molecule has 0 radical (unpaired) electrons. The Morgan fingerprint density at radius 3 is 3.00 bits per heavy atom. The Bertz CT molecular complexity index is 392. The van der Waals surface area contributed by atoms with Crippen molar-refractivity contribution in [2.75, 3.05) is 0 Å². The normalized spacial score (nSPS) is 49.5. The number of hydrogen-bond acceptors (Lipinski definition) is 1. The number of allylic oxidation sites excluding steroid dienone is 4. The van der Waals surface area contributed by atoms with Crippen LogP contribution in [0.15, 0.2) is 24.3 Å². The van der Waals surface area contributed by atoms with E-state index in [9.17, 15) is 0 Å². The minimum Gasteiger partial charge on any atom is -0.198 e. The van der Waals surface area contributed by atoms with E-state index in [2.05, 4.69) is 53.0 Å². The molecule has 1 nitrogen and oxygen atoms in total. The van der Waals surface area contributed by atoms with Gasteiger partial charge in [-0.15, -0.1) is 0 Å². The number of rotatable bonds is 1. The van der Waals surface area contributed by atoms with Gasteiger partial charge in [-0.25, -0.2) is 0 Å². The number of alkyl halides is 1. The molecule has 0 aromatic carbocycles. The van der Waals surface area contributed by atoms with Crippen molar-refractivity contribution in [2.24, 2.45) is 23.2 Å². The Balaban J connectivity index is 1.82. The van der Waals surface area contributed by atoms with E-state index < -0.39 is 0 Å². The zero-order chi connectivity index (χ0) is 11.2. The van der Waals surface area contributed by atoms with Gasteiger partial charge in [0, 0.05) is 3.92 Å². The van der Waals surface area contributed by atoms with E-state index in [1.54, 1.807) is 0 Å². The van der Waals surface area contributed by atoms with Crippen LogP contribution in [0.3, 0.4) is 0 Å². The zero-order valence-corrected chi connectivity index (χ0v) is 11.4. The lowest BCUT2D eigenvalue weighted by molar-refractivity contribution is 0.335. The molecule has 3 aliphatic carbocycles. The minimum atomic E-state index is 0.258. The second-order valence-corrected chi connectivity index (χ2v) is 7.01. The molecule has 0 aromatic heterocycles. The average Bonchev–Trinajstić information content (AvgIpc) is 3.07. The highest BCUT2D eigenvalue weighted by Crippen LogP contribution is 2.66. The molecule has 0 spiro atoms. The van der Waals surface area contributed by atoms with Gasteiger partial charge in [0.05, 0.1) is 12.0 Å². The summed E-state index contributed by atoms with van der Waals surface area (Å²) in [5.74, 6) is 1.77. The summed E-state index contributed by atoms with van der Waals surface area (Å²) in [7, 11) is 0. The van der Waals surface area contributed by atoms with E-state index in [1.165, 1.54) is 12.8 Å². The number of hydrogen-bond donors (Lipinski definition) is 0. The quantitative estimate of drug-likeness (QED) is 0.408. The van der Waals surface area contributed by atoms with Crippen LogP contribution in [0.25, 0.3) is 0 Å². The molecule has 0 aromatic rings. The van der Waals surface area contributed by atoms with Gasteiger partial charge in [0.15, 0.2) is 0 Å². The van der Waals surface area contributed by atoms with Crippen LogP contribution >= 0.6 is 22.6 Å². The summed E-state index contributed by atoms with van der Waals surface area (Å²) >= 11 is 2.60. The summed E-state index contributed by atoms with van der Waals surface area (Å²) < 4.78 is 0.818. The van der Waals surface area contributed by atoms with Crippen LogP contribution in [-0.2, 0) is 0 Å². The van der Waals surface area contributed by atoms with Gasteiger partial charge < -0.3 is 0 Å². The highest BCUT2D eigenvalue weighted by Gasteiger charge is 2.59. The predicted molar refractivity (Wildman–Crippen MR) is 73.1 cm³/mol. The molecule has 5 unspecified atom stereocenters. The molecule has 2 heteroatoms. The van der Waals surface area contributed by atoms with Crippen molar-refractivity contribution in [3.05, 3.63) is 24.3 Å². The number of halogens is 1. The second kappa shape index (κ2) is 3.87. The van der Waals surface area contributed by atoms with Gasteiger partial charge in [-0.1, -0.05) is 46.9 Å². The summed E-state index contributed by atoms with van der Waals surface area (Å²) in [6.45, 7) is 0. The molecule has 0 N–H and O–H groups in total. The van der Waals surface area contributed by atoms with Crippen molar-refractivity contribution in [3.63, 3.8) is 0 Å². The van der Waals surface area contributed by atoms with E-state index in [1.807, 2.05) is 0 Å². The maximum Gasteiger partial charge on any atom is 0.0659 e. The first-order valence-corrected chi connectivity index (χ1v) is 7.39. The van der Waals surface area contributed by atoms with Gasteiger partial charge in [0.2, 0.25) is 0 Å². The Kier molecular flexibility index (Phi) is 2.62. The van der Waals surface area contributed by atoms with E-state index >= 15 is 0 Å². The third-order valence-electron chi connectivity index (χ3n) is 4.53. The van der Waals surface area contributed by atoms with Gasteiger partial charge in [0.1, 0.15) is 0 Å². The average molecular weight is 325 g/mol. The maximum atomic E-state index is 9.05. The molecule has 0 aliphatic heterocycles. The minimum absolute atomic E-state index is 0.258. The van der Waals surface area contributed by atoms with E-state index in [0.29, 0.717) is 11.3 Å². The van der Waals surface area contributed by atoms with Crippen LogP contribution in [0.4, 0.5) is 0 Å². The molecule has 3 rings (SSSR count). The Labute approximate surface area is 111 Å². The topological polar surface area (TPSA) is 23.8 Å². The van der Waals surface area contributed by atoms with Gasteiger partial charge >= 0.3 is 0 Å². The van der Waals surface area contributed by atoms with E-state index in [4.69, 9.17) is 5.26 Å². The fourth-order valence-electron chi connectivity index (χ4n) is 3.50. The van der Waals surface area contributed by atoms with Gasteiger partial charge in [-0.3, -0.25) is 0 Å². The molecule has 1 saturated carbocycles. The molecule has 3 aliphatic rings. The summed E-state index contributed by atoms with van der Waals surface area (Å²) in [5.41, 5.74) is 0.441. The number of nitrogens with zero attached hydrogens (tertiary/aromatic N) is 1. The molecular formula is C14H16IN. The van der Waals surface area contributed by atoms with Crippen molar-refractivity contribution >= 4 is 22.6 Å². The number of fused-ring (bicyclic) bond motifs is 1. The summed E-state index contributed by atoms with van der Waals surface area (Å²) in [4.78, 5) is 0. The molecule has 16 heavy (non-hydrogen) atoms. The molecule has 0 amide bonds. The Hall–Kier alpha value is -0.300. The van der Waals surface area contributed by atoms with Crippen LogP contribution in [0.2, 0.25) is 0 Å². The standard InChI is InChI=1S/C14H16IN/c15-13-5-2-6-14(8-12(13)14)11-4-1-3-10(7-11)9-16/h1-2,4,6,10-13H,3,5,7-8H2. The van der Waals surface area contributed by atoms with Gasteiger partial charge in [0.25, 0.3) is 0 Å². The van der Waals surface area contributed by atoms with Crippen LogP contribution in [-0.4, -0.2) is 3.92 Å². The van der Waals surface area contributed by atoms with Crippen molar-refractivity contribution in [1.29, 1.82) is 5.26 Å². The monoisotopic (exact) mass is 325 g/mol. The summed E-state index contributed by atoms with van der Waals surface area (Å²) in [6, 6.07) is 2.44. The van der Waals surface area contributed by atoms with Gasteiger partial charge in [-0.05, 0) is 42.9 Å². The third kappa shape index (κ3) is 1.55. The smallest absolute Gasteiger partial charge is 0.0659 e. The van der Waals surface area contributed by atoms with E-state index in [0.717, 1.165) is 22.7 Å². The SMILES string of the molecule is N#CC1CC=CC(C23C=CCC(I)C2C3)C1. The first-order chi connectivity index (χ1) is 7.76.